The van der Waals surface area contributed by atoms with E-state index in [9.17, 15) is 0 Å². The second kappa shape index (κ2) is 7.27. The van der Waals surface area contributed by atoms with E-state index in [4.69, 9.17) is 0 Å². The van der Waals surface area contributed by atoms with Crippen LogP contribution in [-0.4, -0.2) is 30.6 Å². The molecule has 18 heavy (non-hydrogen) atoms. The van der Waals surface area contributed by atoms with E-state index >= 15 is 0 Å². The topological polar surface area (TPSA) is 15.3 Å². The van der Waals surface area contributed by atoms with Crippen LogP contribution in [0, 0.1) is 0 Å². The van der Waals surface area contributed by atoms with Crippen molar-refractivity contribution in [2.75, 3.05) is 13.6 Å². The van der Waals surface area contributed by atoms with E-state index in [0.29, 0.717) is 6.04 Å². The highest BCUT2D eigenvalue weighted by molar-refractivity contribution is 7.07. The summed E-state index contributed by atoms with van der Waals surface area (Å²) < 4.78 is 0. The maximum Gasteiger partial charge on any atom is 0.0242 e. The quantitative estimate of drug-likeness (QED) is 0.848. The van der Waals surface area contributed by atoms with Gasteiger partial charge in [0.05, 0.1) is 0 Å². The normalized spacial score (nSPS) is 19.3. The molecule has 0 amide bonds. The predicted molar refractivity (Wildman–Crippen MR) is 80.1 cm³/mol. The Hall–Kier alpha value is -0.380. The van der Waals surface area contributed by atoms with E-state index in [2.05, 4.69) is 41.0 Å². The minimum Gasteiger partial charge on any atom is -0.312 e. The van der Waals surface area contributed by atoms with Crippen LogP contribution in [0.25, 0.3) is 0 Å². The molecule has 0 aromatic carbocycles. The van der Waals surface area contributed by atoms with Crippen molar-refractivity contribution in [1.82, 2.24) is 10.2 Å². The highest BCUT2D eigenvalue weighted by Gasteiger charge is 2.15. The third-order valence-electron chi connectivity index (χ3n) is 4.07. The number of rotatable bonds is 6. The highest BCUT2D eigenvalue weighted by Crippen LogP contribution is 2.17. The van der Waals surface area contributed by atoms with Gasteiger partial charge in [0.15, 0.2) is 0 Å². The van der Waals surface area contributed by atoms with Gasteiger partial charge >= 0.3 is 0 Å². The van der Waals surface area contributed by atoms with E-state index in [-0.39, 0.29) is 0 Å². The molecular weight excluding hydrogens is 240 g/mol. The summed E-state index contributed by atoms with van der Waals surface area (Å²) in [6, 6.07) is 3.60. The second-order valence-electron chi connectivity index (χ2n) is 5.64. The summed E-state index contributed by atoms with van der Waals surface area (Å²) >= 11 is 1.79. The zero-order valence-corrected chi connectivity index (χ0v) is 12.5. The number of likely N-dealkylation sites (N-methyl/N-ethyl adjacent to an activating group) is 1. The molecule has 1 atom stereocenters. The maximum atomic E-state index is 3.74. The lowest BCUT2D eigenvalue weighted by molar-refractivity contribution is 0.230. The Morgan fingerprint density at radius 2 is 2.17 bits per heavy atom. The third kappa shape index (κ3) is 4.38. The molecule has 0 saturated heterocycles. The molecule has 1 saturated carbocycles. The van der Waals surface area contributed by atoms with Crippen LogP contribution in [0.2, 0.25) is 0 Å². The monoisotopic (exact) mass is 266 g/mol. The summed E-state index contributed by atoms with van der Waals surface area (Å²) in [7, 11) is 2.23. The van der Waals surface area contributed by atoms with E-state index in [0.717, 1.165) is 19.1 Å². The maximum absolute atomic E-state index is 3.74. The Balaban J connectivity index is 1.68. The summed E-state index contributed by atoms with van der Waals surface area (Å²) in [4.78, 5) is 2.44. The van der Waals surface area contributed by atoms with Crippen LogP contribution in [0.1, 0.15) is 44.6 Å². The van der Waals surface area contributed by atoms with Crippen LogP contribution in [0.3, 0.4) is 0 Å². The number of nitrogens with one attached hydrogen (secondary N) is 1. The first-order chi connectivity index (χ1) is 8.75. The number of thiophene rings is 1. The molecule has 1 N–H and O–H groups in total. The van der Waals surface area contributed by atoms with E-state index in [1.54, 1.807) is 11.3 Å². The van der Waals surface area contributed by atoms with E-state index in [1.165, 1.54) is 37.7 Å². The summed E-state index contributed by atoms with van der Waals surface area (Å²) in [6.07, 6.45) is 7.02. The Kier molecular flexibility index (Phi) is 5.67. The molecule has 1 aliphatic carbocycles. The van der Waals surface area contributed by atoms with Gasteiger partial charge in [-0.2, -0.15) is 11.3 Å². The van der Waals surface area contributed by atoms with Crippen molar-refractivity contribution in [1.29, 1.82) is 0 Å². The Labute approximate surface area is 115 Å². The van der Waals surface area contributed by atoms with Crippen molar-refractivity contribution in [3.63, 3.8) is 0 Å². The van der Waals surface area contributed by atoms with Crippen molar-refractivity contribution in [2.24, 2.45) is 0 Å². The first-order valence-electron chi connectivity index (χ1n) is 7.20. The van der Waals surface area contributed by atoms with Crippen molar-refractivity contribution in [3.8, 4) is 0 Å². The largest absolute Gasteiger partial charge is 0.312 e. The zero-order valence-electron chi connectivity index (χ0n) is 11.7. The first kappa shape index (κ1) is 14.0. The molecular formula is C15H26N2S. The highest BCUT2D eigenvalue weighted by atomic mass is 32.1. The molecule has 1 aromatic heterocycles. The molecule has 0 bridgehead atoms. The van der Waals surface area contributed by atoms with Gasteiger partial charge in [-0.25, -0.2) is 0 Å². The fraction of sp³-hybridized carbons (Fsp3) is 0.733. The second-order valence-corrected chi connectivity index (χ2v) is 6.42. The fourth-order valence-electron chi connectivity index (χ4n) is 2.63. The van der Waals surface area contributed by atoms with Crippen LogP contribution in [0.5, 0.6) is 0 Å². The van der Waals surface area contributed by atoms with E-state index in [1.807, 2.05) is 0 Å². The average molecular weight is 266 g/mol. The molecule has 1 heterocycles. The first-order valence-corrected chi connectivity index (χ1v) is 8.14. The molecule has 0 radical (unpaired) electrons. The third-order valence-corrected chi connectivity index (χ3v) is 4.80. The SMILES string of the molecule is CC(CNC1CCCCC1)N(C)Cc1ccsc1. The summed E-state index contributed by atoms with van der Waals surface area (Å²) in [6.45, 7) is 4.50. The standard InChI is InChI=1S/C15H26N2S/c1-13(10-16-15-6-4-3-5-7-15)17(2)11-14-8-9-18-12-14/h8-9,12-13,15-16H,3-7,10-11H2,1-2H3. The Morgan fingerprint density at radius 3 is 2.83 bits per heavy atom. The smallest absolute Gasteiger partial charge is 0.0242 e. The van der Waals surface area contributed by atoms with E-state index < -0.39 is 0 Å². The lowest BCUT2D eigenvalue weighted by atomic mass is 9.95. The minimum absolute atomic E-state index is 0.604. The number of hydrogen-bond donors (Lipinski definition) is 1. The lowest BCUT2D eigenvalue weighted by Crippen LogP contribution is -2.42. The molecule has 0 aliphatic heterocycles. The van der Waals surface area contributed by atoms with Gasteiger partial charge in [0.25, 0.3) is 0 Å². The Bertz CT molecular complexity index is 317. The molecule has 0 spiro atoms. The van der Waals surface area contributed by atoms with Crippen LogP contribution in [-0.2, 0) is 6.54 Å². The molecule has 3 heteroatoms. The van der Waals surface area contributed by atoms with Crippen molar-refractivity contribution < 1.29 is 0 Å². The van der Waals surface area contributed by atoms with Gasteiger partial charge in [0.1, 0.15) is 0 Å². The van der Waals surface area contributed by atoms with Gasteiger partial charge in [-0.1, -0.05) is 19.3 Å². The molecule has 1 fully saturated rings. The summed E-state index contributed by atoms with van der Waals surface area (Å²) in [5, 5.41) is 8.15. The summed E-state index contributed by atoms with van der Waals surface area (Å²) in [5.74, 6) is 0. The fourth-order valence-corrected chi connectivity index (χ4v) is 3.29. The van der Waals surface area contributed by atoms with Gasteiger partial charge < -0.3 is 5.32 Å². The van der Waals surface area contributed by atoms with Crippen molar-refractivity contribution in [3.05, 3.63) is 22.4 Å². The van der Waals surface area contributed by atoms with Gasteiger partial charge in [-0.15, -0.1) is 0 Å². The van der Waals surface area contributed by atoms with Gasteiger partial charge in [-0.3, -0.25) is 4.90 Å². The molecule has 2 rings (SSSR count). The molecule has 2 nitrogen and oxygen atoms in total. The van der Waals surface area contributed by atoms with Crippen LogP contribution in [0.4, 0.5) is 0 Å². The van der Waals surface area contributed by atoms with Crippen LogP contribution >= 0.6 is 11.3 Å². The Morgan fingerprint density at radius 1 is 1.39 bits per heavy atom. The molecule has 102 valence electrons. The van der Waals surface area contributed by atoms with Crippen LogP contribution < -0.4 is 5.32 Å². The van der Waals surface area contributed by atoms with Gasteiger partial charge in [0.2, 0.25) is 0 Å². The average Bonchev–Trinajstić information content (AvgIpc) is 2.90. The van der Waals surface area contributed by atoms with Gasteiger partial charge in [0, 0.05) is 25.2 Å². The molecule has 1 unspecified atom stereocenters. The minimum atomic E-state index is 0.604. The molecule has 1 aliphatic rings. The zero-order chi connectivity index (χ0) is 12.8. The summed E-state index contributed by atoms with van der Waals surface area (Å²) in [5.41, 5.74) is 1.44. The van der Waals surface area contributed by atoms with Gasteiger partial charge in [-0.05, 0) is 49.2 Å². The van der Waals surface area contributed by atoms with Crippen molar-refractivity contribution >= 4 is 11.3 Å². The van der Waals surface area contributed by atoms with Crippen LogP contribution in [0.15, 0.2) is 16.8 Å². The lowest BCUT2D eigenvalue weighted by Gasteiger charge is -2.29. The molecule has 1 aromatic rings. The number of nitrogens with zero attached hydrogens (tertiary/aromatic N) is 1. The number of hydrogen-bond acceptors (Lipinski definition) is 3. The predicted octanol–water partition coefficient (Wildman–Crippen LogP) is 3.49. The van der Waals surface area contributed by atoms with Crippen molar-refractivity contribution in [2.45, 2.75) is 57.7 Å².